The normalized spacial score (nSPS) is 14.3. The van der Waals surface area contributed by atoms with Crippen LogP contribution < -0.4 is 0 Å². The van der Waals surface area contributed by atoms with E-state index in [2.05, 4.69) is 22.0 Å². The van der Waals surface area contributed by atoms with E-state index in [1.54, 1.807) is 12.1 Å². The van der Waals surface area contributed by atoms with Gasteiger partial charge in [0.2, 0.25) is 0 Å². The summed E-state index contributed by atoms with van der Waals surface area (Å²) in [5, 5.41) is 11.6. The van der Waals surface area contributed by atoms with Crippen molar-refractivity contribution in [2.75, 3.05) is 20.2 Å². The van der Waals surface area contributed by atoms with E-state index in [0.717, 1.165) is 36.3 Å². The maximum Gasteiger partial charge on any atom is 0.337 e. The number of likely N-dealkylation sites (tertiary alicyclic amines) is 1. The number of methoxy groups -OCH3 is 1. The number of ether oxygens (including phenoxy) is 1. The molecule has 1 fully saturated rings. The number of fused-ring (bicyclic) bond motifs is 1. The molecule has 1 aliphatic rings. The minimum atomic E-state index is -0.428. The molecular weight excluding hydrogens is 414 g/mol. The van der Waals surface area contributed by atoms with Crippen LogP contribution in [0.4, 0.5) is 5.69 Å². The van der Waals surface area contributed by atoms with Gasteiger partial charge in [0.1, 0.15) is 0 Å². The molecule has 166 valence electrons. The Morgan fingerprint density at radius 1 is 1.03 bits per heavy atom. The van der Waals surface area contributed by atoms with Gasteiger partial charge in [-0.05, 0) is 49.3 Å². The molecular formula is C27H25N3O3. The Bertz CT molecular complexity index is 1320. The smallest absolute Gasteiger partial charge is 0.337 e. The highest BCUT2D eigenvalue weighted by Crippen LogP contribution is 2.32. The van der Waals surface area contributed by atoms with Gasteiger partial charge in [0.25, 0.3) is 0 Å². The fraction of sp³-hybridized carbons (Fsp3) is 0.185. The van der Waals surface area contributed by atoms with Crippen LogP contribution in [0, 0.1) is 0 Å². The molecule has 2 heterocycles. The van der Waals surface area contributed by atoms with Gasteiger partial charge in [-0.25, -0.2) is 9.79 Å². The molecule has 1 aliphatic heterocycles. The van der Waals surface area contributed by atoms with E-state index in [4.69, 9.17) is 9.73 Å². The number of nitrogens with one attached hydrogen (secondary N) is 1. The Morgan fingerprint density at radius 3 is 2.45 bits per heavy atom. The lowest BCUT2D eigenvalue weighted by Gasteiger charge is -2.30. The number of aromatic amines is 1. The van der Waals surface area contributed by atoms with E-state index in [1.807, 2.05) is 48.5 Å². The minimum Gasteiger partial charge on any atom is -0.494 e. The third-order valence-electron chi connectivity index (χ3n) is 6.02. The fourth-order valence-corrected chi connectivity index (χ4v) is 4.13. The molecule has 6 nitrogen and oxygen atoms in total. The van der Waals surface area contributed by atoms with Crippen molar-refractivity contribution < 1.29 is 14.6 Å². The van der Waals surface area contributed by atoms with Crippen LogP contribution in [0.3, 0.4) is 0 Å². The molecule has 0 bridgehead atoms. The number of esters is 1. The predicted octanol–water partition coefficient (Wildman–Crippen LogP) is 5.03. The summed E-state index contributed by atoms with van der Waals surface area (Å²) in [6, 6.07) is 23.2. The molecule has 2 N–H and O–H groups in total. The Hall–Kier alpha value is -3.90. The lowest BCUT2D eigenvalue weighted by molar-refractivity contribution is 0.0601. The second-order valence-electron chi connectivity index (χ2n) is 8.22. The zero-order valence-electron chi connectivity index (χ0n) is 18.4. The van der Waals surface area contributed by atoms with Gasteiger partial charge >= 0.3 is 5.97 Å². The number of aliphatic imine (C=N–C) groups is 1. The van der Waals surface area contributed by atoms with Gasteiger partial charge < -0.3 is 14.8 Å². The second kappa shape index (κ2) is 8.92. The second-order valence-corrected chi connectivity index (χ2v) is 8.22. The highest BCUT2D eigenvalue weighted by Gasteiger charge is 2.20. The summed E-state index contributed by atoms with van der Waals surface area (Å²) < 4.78 is 4.82. The first-order valence-corrected chi connectivity index (χ1v) is 11.0. The molecule has 0 atom stereocenters. The number of carbonyl (C=O) groups is 1. The number of H-pyrrole nitrogens is 1. The Balaban J connectivity index is 1.58. The molecule has 0 saturated carbocycles. The zero-order chi connectivity index (χ0) is 22.8. The van der Waals surface area contributed by atoms with Gasteiger partial charge in [0, 0.05) is 23.0 Å². The van der Waals surface area contributed by atoms with Crippen LogP contribution in [0.15, 0.2) is 77.8 Å². The van der Waals surface area contributed by atoms with Crippen LogP contribution in [-0.4, -0.2) is 46.9 Å². The van der Waals surface area contributed by atoms with Crippen LogP contribution in [0.25, 0.3) is 10.9 Å². The van der Waals surface area contributed by atoms with Crippen molar-refractivity contribution in [3.05, 3.63) is 95.1 Å². The Labute approximate surface area is 192 Å². The van der Waals surface area contributed by atoms with Gasteiger partial charge in [-0.3, -0.25) is 4.90 Å². The summed E-state index contributed by atoms with van der Waals surface area (Å²) >= 11 is 0. The maximum absolute atomic E-state index is 11.9. The van der Waals surface area contributed by atoms with E-state index in [-0.39, 0.29) is 5.88 Å². The number of benzene rings is 3. The number of aromatic hydroxyl groups is 1. The van der Waals surface area contributed by atoms with Crippen LogP contribution in [0.5, 0.6) is 5.88 Å². The summed E-state index contributed by atoms with van der Waals surface area (Å²) in [6.07, 6.45) is 1.28. The lowest BCUT2D eigenvalue weighted by Crippen LogP contribution is -2.36. The first-order valence-electron chi connectivity index (χ1n) is 11.0. The van der Waals surface area contributed by atoms with E-state index >= 15 is 0 Å². The fourth-order valence-electron chi connectivity index (χ4n) is 4.13. The monoisotopic (exact) mass is 439 g/mol. The van der Waals surface area contributed by atoms with Crippen molar-refractivity contribution in [1.29, 1.82) is 0 Å². The number of rotatable bonds is 6. The molecule has 0 aliphatic carbocycles. The number of hydrogen-bond donors (Lipinski definition) is 2. The number of hydrogen-bond acceptors (Lipinski definition) is 5. The largest absolute Gasteiger partial charge is 0.494 e. The molecule has 1 aromatic heterocycles. The molecule has 0 spiro atoms. The molecule has 33 heavy (non-hydrogen) atoms. The van der Waals surface area contributed by atoms with Gasteiger partial charge in [0.05, 0.1) is 29.6 Å². The molecule has 3 aromatic carbocycles. The maximum atomic E-state index is 11.9. The highest BCUT2D eigenvalue weighted by molar-refractivity contribution is 6.22. The van der Waals surface area contributed by atoms with Gasteiger partial charge in [0.15, 0.2) is 5.88 Å². The van der Waals surface area contributed by atoms with Crippen molar-refractivity contribution in [2.24, 2.45) is 4.99 Å². The Kier molecular flexibility index (Phi) is 5.67. The molecule has 6 heteroatoms. The minimum absolute atomic E-state index is 0.00372. The predicted molar refractivity (Wildman–Crippen MR) is 129 cm³/mol. The van der Waals surface area contributed by atoms with Crippen LogP contribution in [0.1, 0.15) is 33.5 Å². The third kappa shape index (κ3) is 4.25. The molecule has 0 radical (unpaired) electrons. The number of carbonyl (C=O) groups excluding carboxylic acids is 1. The molecule has 1 saturated heterocycles. The van der Waals surface area contributed by atoms with Gasteiger partial charge in [-0.15, -0.1) is 0 Å². The van der Waals surface area contributed by atoms with Crippen molar-refractivity contribution in [2.45, 2.75) is 13.0 Å². The van der Waals surface area contributed by atoms with Crippen molar-refractivity contribution in [1.82, 2.24) is 9.88 Å². The van der Waals surface area contributed by atoms with Crippen molar-refractivity contribution in [3.8, 4) is 5.88 Å². The first kappa shape index (κ1) is 21.0. The number of aromatic nitrogens is 1. The summed E-state index contributed by atoms with van der Waals surface area (Å²) in [6.45, 7) is 3.28. The standard InChI is InChI=1S/C27H25N3O3/c1-33-27(32)20-10-13-22-23(16-20)29-26(31)24(22)25(19-6-3-2-4-7-19)28-21-11-8-18(9-12-21)17-30-14-5-15-30/h2-4,6-13,16,29,31H,5,14-15,17H2,1H3. The third-order valence-corrected chi connectivity index (χ3v) is 6.02. The average molecular weight is 440 g/mol. The summed E-state index contributed by atoms with van der Waals surface area (Å²) in [5.41, 5.74) is 5.25. The summed E-state index contributed by atoms with van der Waals surface area (Å²) in [7, 11) is 1.35. The zero-order valence-corrected chi connectivity index (χ0v) is 18.4. The van der Waals surface area contributed by atoms with Crippen molar-refractivity contribution in [3.63, 3.8) is 0 Å². The Morgan fingerprint density at radius 2 is 1.79 bits per heavy atom. The molecule has 0 amide bonds. The van der Waals surface area contributed by atoms with E-state index in [9.17, 15) is 9.90 Å². The van der Waals surface area contributed by atoms with Gasteiger partial charge in [-0.1, -0.05) is 48.5 Å². The number of nitrogens with zero attached hydrogens (tertiary/aromatic N) is 2. The van der Waals surface area contributed by atoms with Crippen molar-refractivity contribution >= 4 is 28.3 Å². The summed E-state index contributed by atoms with van der Waals surface area (Å²) in [4.78, 5) is 22.3. The quantitative estimate of drug-likeness (QED) is 0.326. The lowest BCUT2D eigenvalue weighted by atomic mass is 10.00. The van der Waals surface area contributed by atoms with E-state index in [0.29, 0.717) is 22.4 Å². The topological polar surface area (TPSA) is 77.9 Å². The molecule has 0 unspecified atom stereocenters. The van der Waals surface area contributed by atoms with Crippen LogP contribution in [-0.2, 0) is 11.3 Å². The highest BCUT2D eigenvalue weighted by atomic mass is 16.5. The van der Waals surface area contributed by atoms with Gasteiger partial charge in [-0.2, -0.15) is 0 Å². The van der Waals surface area contributed by atoms with Crippen LogP contribution >= 0.6 is 0 Å². The van der Waals surface area contributed by atoms with E-state index in [1.165, 1.54) is 19.1 Å². The SMILES string of the molecule is COC(=O)c1ccc2c(C(=Nc3ccc(CN4CCC4)cc3)c3ccccc3)c(O)[nH]c2c1. The molecule has 4 aromatic rings. The van der Waals surface area contributed by atoms with E-state index < -0.39 is 5.97 Å². The van der Waals surface area contributed by atoms with Crippen LogP contribution in [0.2, 0.25) is 0 Å². The first-order chi connectivity index (χ1) is 16.1. The average Bonchev–Trinajstić information content (AvgIpc) is 3.15. The molecule has 5 rings (SSSR count). The summed E-state index contributed by atoms with van der Waals surface area (Å²) in [5.74, 6) is -0.424.